The average Bonchev–Trinajstić information content (AvgIpc) is 2.51. The minimum absolute atomic E-state index is 0.185. The van der Waals surface area contributed by atoms with Gasteiger partial charge >= 0.3 is 0 Å². The molecule has 92 valence electrons. The fourth-order valence-electron chi connectivity index (χ4n) is 2.31. The summed E-state index contributed by atoms with van der Waals surface area (Å²) in [5, 5.41) is 0.649. The van der Waals surface area contributed by atoms with Crippen molar-refractivity contribution in [1.82, 2.24) is 0 Å². The predicted molar refractivity (Wildman–Crippen MR) is 69.1 cm³/mol. The summed E-state index contributed by atoms with van der Waals surface area (Å²) in [6.07, 6.45) is 0.558. The van der Waals surface area contributed by atoms with E-state index in [1.165, 1.54) is 0 Å². The van der Waals surface area contributed by atoms with Gasteiger partial charge in [-0.1, -0.05) is 11.6 Å². The van der Waals surface area contributed by atoms with Crippen molar-refractivity contribution >= 4 is 23.1 Å². The van der Waals surface area contributed by atoms with Crippen molar-refractivity contribution in [1.29, 1.82) is 0 Å². The molecule has 3 nitrogen and oxygen atoms in total. The van der Waals surface area contributed by atoms with Crippen LogP contribution in [0.5, 0.6) is 5.75 Å². The molecule has 1 aliphatic rings. The van der Waals surface area contributed by atoms with Gasteiger partial charge in [0.15, 0.2) is 5.78 Å². The molecular weight excluding hydrogens is 238 g/mol. The summed E-state index contributed by atoms with van der Waals surface area (Å²) in [6, 6.07) is 5.46. The maximum atomic E-state index is 11.6. The summed E-state index contributed by atoms with van der Waals surface area (Å²) in [5.41, 5.74) is 0.700. The summed E-state index contributed by atoms with van der Waals surface area (Å²) in [7, 11) is 1.62. The zero-order valence-corrected chi connectivity index (χ0v) is 11.0. The van der Waals surface area contributed by atoms with E-state index in [1.54, 1.807) is 13.2 Å². The highest BCUT2D eigenvalue weighted by Gasteiger charge is 2.38. The minimum atomic E-state index is -0.185. The van der Waals surface area contributed by atoms with Gasteiger partial charge in [-0.3, -0.25) is 4.79 Å². The van der Waals surface area contributed by atoms with Crippen LogP contribution in [0.2, 0.25) is 5.02 Å². The highest BCUT2D eigenvalue weighted by atomic mass is 35.5. The highest BCUT2D eigenvalue weighted by molar-refractivity contribution is 6.31. The standard InChI is InChI=1S/C13H16ClNO2/c1-13(2)7-10(16)8-15(13)11-6-9(14)4-5-12(11)17-3/h4-6H,7-8H2,1-3H3. The normalized spacial score (nSPS) is 18.6. The van der Waals surface area contributed by atoms with Crippen molar-refractivity contribution in [3.63, 3.8) is 0 Å². The topological polar surface area (TPSA) is 29.5 Å². The van der Waals surface area contributed by atoms with Crippen LogP contribution in [0.15, 0.2) is 18.2 Å². The number of ether oxygens (including phenoxy) is 1. The molecule has 1 saturated heterocycles. The van der Waals surface area contributed by atoms with Gasteiger partial charge in [0.05, 0.1) is 19.3 Å². The lowest BCUT2D eigenvalue weighted by atomic mass is 10.0. The fourth-order valence-corrected chi connectivity index (χ4v) is 2.48. The Kier molecular flexibility index (Phi) is 3.04. The Bertz CT molecular complexity index is 457. The lowest BCUT2D eigenvalue weighted by molar-refractivity contribution is -0.116. The third-order valence-corrected chi connectivity index (χ3v) is 3.36. The van der Waals surface area contributed by atoms with E-state index >= 15 is 0 Å². The van der Waals surface area contributed by atoms with E-state index in [-0.39, 0.29) is 11.3 Å². The molecule has 0 unspecified atom stereocenters. The van der Waals surface area contributed by atoms with Gasteiger partial charge in [0.2, 0.25) is 0 Å². The quantitative estimate of drug-likeness (QED) is 0.812. The van der Waals surface area contributed by atoms with Gasteiger partial charge in [0, 0.05) is 17.0 Å². The van der Waals surface area contributed by atoms with Crippen LogP contribution in [-0.4, -0.2) is 25.0 Å². The Morgan fingerprint density at radius 3 is 2.65 bits per heavy atom. The first-order valence-electron chi connectivity index (χ1n) is 5.57. The molecule has 1 aliphatic heterocycles. The van der Waals surface area contributed by atoms with Gasteiger partial charge in [-0.2, -0.15) is 0 Å². The van der Waals surface area contributed by atoms with Gasteiger partial charge < -0.3 is 9.64 Å². The second-order valence-corrected chi connectivity index (χ2v) is 5.37. The molecule has 0 amide bonds. The summed E-state index contributed by atoms with van der Waals surface area (Å²) in [4.78, 5) is 13.7. The third-order valence-electron chi connectivity index (χ3n) is 3.13. The van der Waals surface area contributed by atoms with Crippen molar-refractivity contribution in [2.45, 2.75) is 25.8 Å². The predicted octanol–water partition coefficient (Wildman–Crippen LogP) is 2.91. The van der Waals surface area contributed by atoms with Gasteiger partial charge in [-0.25, -0.2) is 0 Å². The lowest BCUT2D eigenvalue weighted by Crippen LogP contribution is -2.38. The van der Waals surface area contributed by atoms with Crippen LogP contribution in [0, 0.1) is 0 Å². The number of carbonyl (C=O) groups is 1. The summed E-state index contributed by atoms with van der Waals surface area (Å²) in [6.45, 7) is 4.53. The second kappa shape index (κ2) is 4.22. The van der Waals surface area contributed by atoms with Crippen LogP contribution in [0.4, 0.5) is 5.69 Å². The number of hydrogen-bond donors (Lipinski definition) is 0. The molecule has 0 atom stereocenters. The summed E-state index contributed by atoms with van der Waals surface area (Å²) < 4.78 is 5.33. The number of halogens is 1. The molecule has 0 spiro atoms. The van der Waals surface area contributed by atoms with Crippen LogP contribution >= 0.6 is 11.6 Å². The van der Waals surface area contributed by atoms with Crippen molar-refractivity contribution < 1.29 is 9.53 Å². The number of anilines is 1. The van der Waals surface area contributed by atoms with Gasteiger partial charge in [-0.05, 0) is 32.0 Å². The number of nitrogens with zero attached hydrogens (tertiary/aromatic N) is 1. The fraction of sp³-hybridized carbons (Fsp3) is 0.462. The molecule has 0 saturated carbocycles. The molecule has 0 aliphatic carbocycles. The molecule has 0 N–H and O–H groups in total. The average molecular weight is 254 g/mol. The first-order valence-corrected chi connectivity index (χ1v) is 5.95. The zero-order valence-electron chi connectivity index (χ0n) is 10.3. The molecule has 2 rings (SSSR count). The largest absolute Gasteiger partial charge is 0.495 e. The number of ketones is 1. The van der Waals surface area contributed by atoms with Crippen LogP contribution in [0.3, 0.4) is 0 Å². The highest BCUT2D eigenvalue weighted by Crippen LogP contribution is 2.39. The van der Waals surface area contributed by atoms with E-state index in [9.17, 15) is 4.79 Å². The van der Waals surface area contributed by atoms with E-state index in [1.807, 2.05) is 12.1 Å². The minimum Gasteiger partial charge on any atom is -0.495 e. The molecular formula is C13H16ClNO2. The van der Waals surface area contributed by atoms with E-state index in [0.717, 1.165) is 11.4 Å². The van der Waals surface area contributed by atoms with Gasteiger partial charge in [-0.15, -0.1) is 0 Å². The zero-order chi connectivity index (χ0) is 12.6. The monoisotopic (exact) mass is 253 g/mol. The Hall–Kier alpha value is -1.22. The third kappa shape index (κ3) is 2.25. The number of benzene rings is 1. The molecule has 4 heteroatoms. The van der Waals surface area contributed by atoms with E-state index < -0.39 is 0 Å². The SMILES string of the molecule is COc1ccc(Cl)cc1N1CC(=O)CC1(C)C. The summed E-state index contributed by atoms with van der Waals surface area (Å²) in [5.74, 6) is 0.995. The number of rotatable bonds is 2. The van der Waals surface area contributed by atoms with Gasteiger partial charge in [0.25, 0.3) is 0 Å². The molecule has 1 aromatic rings. The van der Waals surface area contributed by atoms with E-state index in [2.05, 4.69) is 18.7 Å². The molecule has 0 bridgehead atoms. The van der Waals surface area contributed by atoms with Crippen molar-refractivity contribution in [2.24, 2.45) is 0 Å². The van der Waals surface area contributed by atoms with Crippen LogP contribution < -0.4 is 9.64 Å². The number of methoxy groups -OCH3 is 1. The first kappa shape index (κ1) is 12.2. The Morgan fingerprint density at radius 2 is 2.12 bits per heavy atom. The van der Waals surface area contributed by atoms with Gasteiger partial charge in [0.1, 0.15) is 5.75 Å². The second-order valence-electron chi connectivity index (χ2n) is 4.93. The molecule has 0 radical (unpaired) electrons. The lowest BCUT2D eigenvalue weighted by Gasteiger charge is -2.33. The van der Waals surface area contributed by atoms with E-state index in [0.29, 0.717) is 18.0 Å². The number of hydrogen-bond acceptors (Lipinski definition) is 3. The molecule has 0 aromatic heterocycles. The number of Topliss-reactive ketones (excluding diaryl/α,β-unsaturated/α-hetero) is 1. The number of carbonyl (C=O) groups excluding carboxylic acids is 1. The van der Waals surface area contributed by atoms with Crippen molar-refractivity contribution in [3.8, 4) is 5.75 Å². The Balaban J connectivity index is 2.46. The van der Waals surface area contributed by atoms with Crippen molar-refractivity contribution in [2.75, 3.05) is 18.6 Å². The molecule has 1 heterocycles. The van der Waals surface area contributed by atoms with Crippen LogP contribution in [-0.2, 0) is 4.79 Å². The Labute approximate surface area is 106 Å². The Morgan fingerprint density at radius 1 is 1.41 bits per heavy atom. The molecule has 1 fully saturated rings. The first-order chi connectivity index (χ1) is 7.94. The molecule has 1 aromatic carbocycles. The van der Waals surface area contributed by atoms with Crippen molar-refractivity contribution in [3.05, 3.63) is 23.2 Å². The van der Waals surface area contributed by atoms with Crippen LogP contribution in [0.1, 0.15) is 20.3 Å². The summed E-state index contributed by atoms with van der Waals surface area (Å²) >= 11 is 6.01. The molecule has 17 heavy (non-hydrogen) atoms. The maximum Gasteiger partial charge on any atom is 0.154 e. The maximum absolute atomic E-state index is 11.6. The van der Waals surface area contributed by atoms with E-state index in [4.69, 9.17) is 16.3 Å². The van der Waals surface area contributed by atoms with Crippen LogP contribution in [0.25, 0.3) is 0 Å². The smallest absolute Gasteiger partial charge is 0.154 e.